The summed E-state index contributed by atoms with van der Waals surface area (Å²) < 4.78 is 5.35. The van der Waals surface area contributed by atoms with Gasteiger partial charge in [0.05, 0.1) is 18.1 Å². The summed E-state index contributed by atoms with van der Waals surface area (Å²) in [5, 5.41) is 12.1. The first kappa shape index (κ1) is 14.2. The van der Waals surface area contributed by atoms with Crippen molar-refractivity contribution in [1.82, 2.24) is 0 Å². The zero-order valence-electron chi connectivity index (χ0n) is 11.7. The molecule has 108 valence electrons. The Morgan fingerprint density at radius 3 is 2.57 bits per heavy atom. The van der Waals surface area contributed by atoms with Gasteiger partial charge in [0.1, 0.15) is 6.10 Å². The number of nitrogens with zero attached hydrogens (tertiary/aromatic N) is 1. The van der Waals surface area contributed by atoms with Crippen LogP contribution < -0.4 is 4.90 Å². The van der Waals surface area contributed by atoms with Gasteiger partial charge in [-0.05, 0) is 29.1 Å². The summed E-state index contributed by atoms with van der Waals surface area (Å²) in [5.41, 5.74) is 2.00. The van der Waals surface area contributed by atoms with Crippen molar-refractivity contribution in [1.29, 1.82) is 0 Å². The van der Waals surface area contributed by atoms with Gasteiger partial charge in [-0.1, -0.05) is 30.0 Å². The molecule has 1 N–H and O–H groups in total. The molecule has 0 saturated carbocycles. The van der Waals surface area contributed by atoms with Gasteiger partial charge in [0.2, 0.25) is 0 Å². The van der Waals surface area contributed by atoms with Crippen LogP contribution in [0.4, 0.5) is 5.69 Å². The van der Waals surface area contributed by atoms with E-state index in [1.54, 1.807) is 11.3 Å². The molecule has 0 bridgehead atoms. The van der Waals surface area contributed by atoms with Crippen molar-refractivity contribution in [3.05, 3.63) is 52.2 Å². The lowest BCUT2D eigenvalue weighted by Gasteiger charge is -2.29. The van der Waals surface area contributed by atoms with E-state index in [1.807, 2.05) is 41.8 Å². The summed E-state index contributed by atoms with van der Waals surface area (Å²) in [6.07, 6.45) is -0.745. The van der Waals surface area contributed by atoms with Crippen LogP contribution in [-0.4, -0.2) is 31.4 Å². The smallest absolute Gasteiger partial charge is 0.140 e. The highest BCUT2D eigenvalue weighted by Crippen LogP contribution is 2.20. The van der Waals surface area contributed by atoms with Gasteiger partial charge >= 0.3 is 0 Å². The van der Waals surface area contributed by atoms with Crippen molar-refractivity contribution in [3.63, 3.8) is 0 Å². The topological polar surface area (TPSA) is 32.7 Å². The molecule has 1 aliphatic heterocycles. The van der Waals surface area contributed by atoms with Crippen LogP contribution in [0.2, 0.25) is 0 Å². The minimum Gasteiger partial charge on any atom is -0.378 e. The average Bonchev–Trinajstić information content (AvgIpc) is 3.07. The Labute approximate surface area is 128 Å². The molecule has 1 aliphatic rings. The summed E-state index contributed by atoms with van der Waals surface area (Å²) in [7, 11) is 0. The predicted molar refractivity (Wildman–Crippen MR) is 85.6 cm³/mol. The molecule has 1 atom stereocenters. The van der Waals surface area contributed by atoms with Crippen LogP contribution in [0.3, 0.4) is 0 Å². The highest BCUT2D eigenvalue weighted by atomic mass is 32.1. The number of hydrogen-bond acceptors (Lipinski definition) is 4. The molecule has 0 spiro atoms. The van der Waals surface area contributed by atoms with Gasteiger partial charge in [-0.3, -0.25) is 0 Å². The first-order valence-electron chi connectivity index (χ1n) is 6.99. The minimum absolute atomic E-state index is 0.745. The molecule has 2 aromatic rings. The molecule has 0 aliphatic carbocycles. The molecule has 0 amide bonds. The molecule has 1 aromatic carbocycles. The summed E-state index contributed by atoms with van der Waals surface area (Å²) in [6, 6.07) is 11.9. The molecule has 21 heavy (non-hydrogen) atoms. The molecular weight excluding hydrogens is 282 g/mol. The van der Waals surface area contributed by atoms with Crippen molar-refractivity contribution >= 4 is 17.0 Å². The lowest BCUT2D eigenvalue weighted by molar-refractivity contribution is 0.122. The standard InChI is InChI=1S/C17H17NO2S/c19-17(8-7-16-2-1-13-21-16)14-3-5-15(6-4-14)18-9-11-20-12-10-18/h1-6,13,17,19H,9-12H2. The fraction of sp³-hybridized carbons (Fsp3) is 0.294. The molecular formula is C17H17NO2S. The normalized spacial score (nSPS) is 16.1. The van der Waals surface area contributed by atoms with Crippen molar-refractivity contribution in [2.45, 2.75) is 6.10 Å². The van der Waals surface area contributed by atoms with Crippen molar-refractivity contribution in [3.8, 4) is 11.8 Å². The summed E-state index contributed by atoms with van der Waals surface area (Å²) in [6.45, 7) is 3.38. The summed E-state index contributed by atoms with van der Waals surface area (Å²) in [5.74, 6) is 5.88. The van der Waals surface area contributed by atoms with Crippen LogP contribution in [0.5, 0.6) is 0 Å². The molecule has 3 rings (SSSR count). The highest BCUT2D eigenvalue weighted by Gasteiger charge is 2.11. The maximum absolute atomic E-state index is 10.1. The number of benzene rings is 1. The molecule has 1 unspecified atom stereocenters. The Morgan fingerprint density at radius 2 is 1.90 bits per heavy atom. The first-order chi connectivity index (χ1) is 10.3. The number of hydrogen-bond donors (Lipinski definition) is 1. The van der Waals surface area contributed by atoms with E-state index in [0.29, 0.717) is 0 Å². The Morgan fingerprint density at radius 1 is 1.14 bits per heavy atom. The number of ether oxygens (including phenoxy) is 1. The van der Waals surface area contributed by atoms with Gasteiger partial charge in [-0.2, -0.15) is 0 Å². The quantitative estimate of drug-likeness (QED) is 0.865. The second-order valence-electron chi connectivity index (χ2n) is 4.84. The van der Waals surface area contributed by atoms with Gasteiger partial charge in [0, 0.05) is 18.8 Å². The maximum Gasteiger partial charge on any atom is 0.140 e. The SMILES string of the molecule is OC(C#Cc1cccs1)c1ccc(N2CCOCC2)cc1. The third kappa shape index (κ3) is 3.64. The molecule has 0 radical (unpaired) electrons. The Kier molecular flexibility index (Phi) is 4.56. The predicted octanol–water partition coefficient (Wildman–Crippen LogP) is 2.67. The largest absolute Gasteiger partial charge is 0.378 e. The van der Waals surface area contributed by atoms with Crippen molar-refractivity contribution in [2.75, 3.05) is 31.2 Å². The van der Waals surface area contributed by atoms with Gasteiger partial charge in [-0.15, -0.1) is 11.3 Å². The van der Waals surface area contributed by atoms with Crippen LogP contribution in [0.15, 0.2) is 41.8 Å². The lowest BCUT2D eigenvalue weighted by Crippen LogP contribution is -2.36. The van der Waals surface area contributed by atoms with E-state index in [-0.39, 0.29) is 0 Å². The van der Waals surface area contributed by atoms with E-state index in [9.17, 15) is 5.11 Å². The average molecular weight is 299 g/mol. The fourth-order valence-electron chi connectivity index (χ4n) is 2.26. The van der Waals surface area contributed by atoms with Gasteiger partial charge in [-0.25, -0.2) is 0 Å². The highest BCUT2D eigenvalue weighted by molar-refractivity contribution is 7.10. The maximum atomic E-state index is 10.1. The molecule has 1 saturated heterocycles. The van der Waals surface area contributed by atoms with E-state index in [2.05, 4.69) is 16.7 Å². The first-order valence-corrected chi connectivity index (χ1v) is 7.87. The lowest BCUT2D eigenvalue weighted by atomic mass is 10.1. The molecule has 1 fully saturated rings. The van der Waals surface area contributed by atoms with Gasteiger partial charge in [0.25, 0.3) is 0 Å². The van der Waals surface area contributed by atoms with Crippen LogP contribution in [0.1, 0.15) is 16.5 Å². The van der Waals surface area contributed by atoms with E-state index in [1.165, 1.54) is 5.69 Å². The van der Waals surface area contributed by atoms with E-state index >= 15 is 0 Å². The van der Waals surface area contributed by atoms with Gasteiger partial charge < -0.3 is 14.7 Å². The monoisotopic (exact) mass is 299 g/mol. The van der Waals surface area contributed by atoms with Crippen LogP contribution in [0.25, 0.3) is 0 Å². The van der Waals surface area contributed by atoms with Crippen LogP contribution in [-0.2, 0) is 4.74 Å². The fourth-order valence-corrected chi connectivity index (χ4v) is 2.84. The van der Waals surface area contributed by atoms with Crippen molar-refractivity contribution in [2.24, 2.45) is 0 Å². The molecule has 1 aromatic heterocycles. The Bertz CT molecular complexity index is 619. The number of aliphatic hydroxyl groups is 1. The number of morpholine rings is 1. The minimum atomic E-state index is -0.745. The summed E-state index contributed by atoms with van der Waals surface area (Å²) >= 11 is 1.58. The molecule has 2 heterocycles. The van der Waals surface area contributed by atoms with Crippen molar-refractivity contribution < 1.29 is 9.84 Å². The second-order valence-corrected chi connectivity index (χ2v) is 5.79. The number of thiophene rings is 1. The Balaban J connectivity index is 1.68. The third-order valence-corrected chi connectivity index (χ3v) is 4.22. The zero-order valence-corrected chi connectivity index (χ0v) is 12.5. The van der Waals surface area contributed by atoms with Gasteiger partial charge in [0.15, 0.2) is 0 Å². The molecule has 3 nitrogen and oxygen atoms in total. The van der Waals surface area contributed by atoms with Crippen LogP contribution >= 0.6 is 11.3 Å². The van der Waals surface area contributed by atoms with E-state index in [4.69, 9.17) is 4.74 Å². The number of anilines is 1. The number of aliphatic hydroxyl groups excluding tert-OH is 1. The summed E-state index contributed by atoms with van der Waals surface area (Å²) in [4.78, 5) is 3.26. The Hall–Kier alpha value is -1.80. The van der Waals surface area contributed by atoms with E-state index in [0.717, 1.165) is 36.7 Å². The second kappa shape index (κ2) is 6.77. The zero-order chi connectivity index (χ0) is 14.5. The van der Waals surface area contributed by atoms with E-state index < -0.39 is 6.10 Å². The van der Waals surface area contributed by atoms with Crippen LogP contribution in [0, 0.1) is 11.8 Å². The molecule has 4 heteroatoms. The number of rotatable bonds is 2. The third-order valence-electron chi connectivity index (χ3n) is 3.44.